The fourth-order valence-electron chi connectivity index (χ4n) is 2.86. The van der Waals surface area contributed by atoms with Crippen LogP contribution in [-0.2, 0) is 19.4 Å². The topological polar surface area (TPSA) is 62.4 Å². The van der Waals surface area contributed by atoms with Gasteiger partial charge in [0.2, 0.25) is 0 Å². The van der Waals surface area contributed by atoms with Crippen LogP contribution in [0.4, 0.5) is 5.82 Å². The molecule has 0 aromatic carbocycles. The van der Waals surface area contributed by atoms with Crippen molar-refractivity contribution in [1.29, 1.82) is 0 Å². The molecule has 18 heavy (non-hydrogen) atoms. The van der Waals surface area contributed by atoms with Gasteiger partial charge < -0.3 is 15.7 Å². The van der Waals surface area contributed by atoms with E-state index in [-0.39, 0.29) is 6.61 Å². The molecule has 0 amide bonds. The molecule has 0 atom stereocenters. The number of hydrogen-bond acceptors (Lipinski definition) is 4. The Balaban J connectivity index is 1.97. The van der Waals surface area contributed by atoms with Crippen LogP contribution in [0.5, 0.6) is 0 Å². The summed E-state index contributed by atoms with van der Waals surface area (Å²) >= 11 is 0. The molecule has 1 saturated carbocycles. The fraction of sp³-hybridized carbons (Fsp3) is 0.643. The largest absolute Gasteiger partial charge is 0.395 e. The van der Waals surface area contributed by atoms with Crippen molar-refractivity contribution in [2.45, 2.75) is 44.7 Å². The number of nitrogens with two attached hydrogens (primary N) is 1. The van der Waals surface area contributed by atoms with Crippen molar-refractivity contribution in [3.05, 3.63) is 22.9 Å². The van der Waals surface area contributed by atoms with Crippen LogP contribution in [-0.4, -0.2) is 29.3 Å². The summed E-state index contributed by atoms with van der Waals surface area (Å²) in [5.74, 6) is 1.02. The molecule has 4 nitrogen and oxygen atoms in total. The molecule has 1 aromatic rings. The first-order valence-corrected chi connectivity index (χ1v) is 6.92. The van der Waals surface area contributed by atoms with E-state index in [9.17, 15) is 5.11 Å². The summed E-state index contributed by atoms with van der Waals surface area (Å²) in [5.41, 5.74) is 9.62. The molecule has 3 rings (SSSR count). The minimum absolute atomic E-state index is 0.180. The first-order valence-electron chi connectivity index (χ1n) is 6.92. The highest BCUT2D eigenvalue weighted by atomic mass is 16.3. The van der Waals surface area contributed by atoms with Gasteiger partial charge in [-0.3, -0.25) is 0 Å². The molecule has 0 spiro atoms. The van der Waals surface area contributed by atoms with Crippen LogP contribution < -0.4 is 10.6 Å². The Bertz CT molecular complexity index is 443. The van der Waals surface area contributed by atoms with Crippen LogP contribution in [0.3, 0.4) is 0 Å². The highest BCUT2D eigenvalue weighted by Crippen LogP contribution is 2.34. The summed E-state index contributed by atoms with van der Waals surface area (Å²) in [5, 5.41) is 9.23. The van der Waals surface area contributed by atoms with Crippen molar-refractivity contribution in [2.24, 2.45) is 5.73 Å². The summed E-state index contributed by atoms with van der Waals surface area (Å²) in [6.45, 7) is 1.38. The van der Waals surface area contributed by atoms with Crippen molar-refractivity contribution in [2.75, 3.05) is 18.1 Å². The van der Waals surface area contributed by atoms with Crippen LogP contribution >= 0.6 is 0 Å². The molecule has 2 aliphatic carbocycles. The summed E-state index contributed by atoms with van der Waals surface area (Å²) in [6.07, 6.45) is 5.86. The Labute approximate surface area is 108 Å². The van der Waals surface area contributed by atoms with Crippen molar-refractivity contribution < 1.29 is 5.11 Å². The lowest BCUT2D eigenvalue weighted by Crippen LogP contribution is -2.31. The van der Waals surface area contributed by atoms with Gasteiger partial charge in [-0.1, -0.05) is 0 Å². The number of rotatable bonds is 5. The zero-order valence-corrected chi connectivity index (χ0v) is 10.7. The van der Waals surface area contributed by atoms with E-state index in [4.69, 9.17) is 10.7 Å². The zero-order valence-electron chi connectivity index (χ0n) is 10.7. The van der Waals surface area contributed by atoms with Crippen LogP contribution in [0.1, 0.15) is 36.1 Å². The van der Waals surface area contributed by atoms with E-state index in [1.165, 1.54) is 30.5 Å². The second-order valence-corrected chi connectivity index (χ2v) is 5.28. The Morgan fingerprint density at radius 2 is 2.22 bits per heavy atom. The molecule has 1 heterocycles. The molecule has 1 fully saturated rings. The lowest BCUT2D eigenvalue weighted by molar-refractivity contribution is 0.301. The van der Waals surface area contributed by atoms with Crippen LogP contribution in [0, 0.1) is 0 Å². The van der Waals surface area contributed by atoms with E-state index < -0.39 is 0 Å². The lowest BCUT2D eigenvalue weighted by atomic mass is 10.1. The predicted octanol–water partition coefficient (Wildman–Crippen LogP) is 0.990. The Morgan fingerprint density at radius 1 is 1.39 bits per heavy atom. The number of pyridine rings is 1. The van der Waals surface area contributed by atoms with Gasteiger partial charge >= 0.3 is 0 Å². The van der Waals surface area contributed by atoms with Gasteiger partial charge in [-0.25, -0.2) is 4.98 Å². The van der Waals surface area contributed by atoms with Crippen molar-refractivity contribution in [3.63, 3.8) is 0 Å². The first-order chi connectivity index (χ1) is 8.83. The molecule has 2 aliphatic rings. The molecule has 0 aliphatic heterocycles. The van der Waals surface area contributed by atoms with Crippen LogP contribution in [0.2, 0.25) is 0 Å². The maximum absolute atomic E-state index is 9.23. The number of anilines is 1. The Kier molecular flexibility index (Phi) is 3.22. The molecule has 98 valence electrons. The Hall–Kier alpha value is -1.13. The molecule has 4 heteroatoms. The minimum Gasteiger partial charge on any atom is -0.395 e. The van der Waals surface area contributed by atoms with Gasteiger partial charge in [0, 0.05) is 30.4 Å². The molecule has 0 bridgehead atoms. The average molecular weight is 247 g/mol. The SMILES string of the molecule is NCc1cc2c(nc1N(CCO)C1CC1)CCC2. The number of aryl methyl sites for hydroxylation is 2. The molecule has 0 radical (unpaired) electrons. The number of nitrogens with zero attached hydrogens (tertiary/aromatic N) is 2. The third-order valence-corrected chi connectivity index (χ3v) is 3.93. The monoisotopic (exact) mass is 247 g/mol. The average Bonchev–Trinajstić information content (AvgIpc) is 3.12. The van der Waals surface area contributed by atoms with Gasteiger partial charge in [0.05, 0.1) is 6.61 Å². The standard InChI is InChI=1S/C14H21N3O/c15-9-11-8-10-2-1-3-13(10)16-14(11)17(6-7-18)12-4-5-12/h8,12,18H,1-7,9,15H2. The molecular weight excluding hydrogens is 226 g/mol. The second kappa shape index (κ2) is 4.86. The van der Waals surface area contributed by atoms with Gasteiger partial charge in [-0.15, -0.1) is 0 Å². The van der Waals surface area contributed by atoms with Crippen molar-refractivity contribution >= 4 is 5.82 Å². The minimum atomic E-state index is 0.180. The summed E-state index contributed by atoms with van der Waals surface area (Å²) in [6, 6.07) is 2.80. The molecular formula is C14H21N3O. The van der Waals surface area contributed by atoms with Crippen molar-refractivity contribution in [3.8, 4) is 0 Å². The van der Waals surface area contributed by atoms with Crippen LogP contribution in [0.15, 0.2) is 6.07 Å². The number of aliphatic hydroxyl groups is 1. The molecule has 0 saturated heterocycles. The van der Waals surface area contributed by atoms with Gasteiger partial charge in [0.25, 0.3) is 0 Å². The number of aliphatic hydroxyl groups excluding tert-OH is 1. The highest BCUT2D eigenvalue weighted by Gasteiger charge is 2.31. The van der Waals surface area contributed by atoms with Gasteiger partial charge in [-0.2, -0.15) is 0 Å². The third-order valence-electron chi connectivity index (χ3n) is 3.93. The van der Waals surface area contributed by atoms with Crippen molar-refractivity contribution in [1.82, 2.24) is 4.98 Å². The van der Waals surface area contributed by atoms with Crippen LogP contribution in [0.25, 0.3) is 0 Å². The number of aromatic nitrogens is 1. The van der Waals surface area contributed by atoms with E-state index in [1.54, 1.807) is 0 Å². The Morgan fingerprint density at radius 3 is 2.89 bits per heavy atom. The smallest absolute Gasteiger partial charge is 0.133 e. The second-order valence-electron chi connectivity index (χ2n) is 5.28. The van der Waals surface area contributed by atoms with E-state index in [0.717, 1.165) is 24.2 Å². The fourth-order valence-corrected chi connectivity index (χ4v) is 2.86. The normalized spacial score (nSPS) is 17.9. The summed E-state index contributed by atoms with van der Waals surface area (Å²) in [7, 11) is 0. The van der Waals surface area contributed by atoms with Gasteiger partial charge in [0.15, 0.2) is 0 Å². The number of hydrogen-bond donors (Lipinski definition) is 2. The molecule has 0 unspecified atom stereocenters. The van der Waals surface area contributed by atoms with E-state index >= 15 is 0 Å². The zero-order chi connectivity index (χ0) is 12.5. The van der Waals surface area contributed by atoms with E-state index in [2.05, 4.69) is 11.0 Å². The van der Waals surface area contributed by atoms with Gasteiger partial charge in [0.1, 0.15) is 5.82 Å². The maximum Gasteiger partial charge on any atom is 0.133 e. The first kappa shape index (κ1) is 11.9. The molecule has 3 N–H and O–H groups in total. The van der Waals surface area contributed by atoms with E-state index in [1.807, 2.05) is 0 Å². The number of fused-ring (bicyclic) bond motifs is 1. The van der Waals surface area contributed by atoms with E-state index in [0.29, 0.717) is 19.1 Å². The molecule has 1 aromatic heterocycles. The lowest BCUT2D eigenvalue weighted by Gasteiger charge is -2.25. The highest BCUT2D eigenvalue weighted by molar-refractivity contribution is 5.52. The maximum atomic E-state index is 9.23. The predicted molar refractivity (Wildman–Crippen MR) is 71.6 cm³/mol. The quantitative estimate of drug-likeness (QED) is 0.814. The van der Waals surface area contributed by atoms with Gasteiger partial charge in [-0.05, 0) is 43.7 Å². The summed E-state index contributed by atoms with van der Waals surface area (Å²) in [4.78, 5) is 7.09. The third kappa shape index (κ3) is 2.10. The summed E-state index contributed by atoms with van der Waals surface area (Å²) < 4.78 is 0.